The number of rotatable bonds is 8. The maximum Gasteiger partial charge on any atom is 0.223 e. The molecule has 186 valence electrons. The summed E-state index contributed by atoms with van der Waals surface area (Å²) in [4.78, 5) is 25.1. The normalized spacial score (nSPS) is 22.1. The van der Waals surface area contributed by atoms with Gasteiger partial charge in [0.25, 0.3) is 0 Å². The molecular weight excluding hydrogens is 418 g/mol. The highest BCUT2D eigenvalue weighted by molar-refractivity contribution is 5.79. The van der Waals surface area contributed by atoms with Crippen molar-refractivity contribution in [3.63, 3.8) is 0 Å². The van der Waals surface area contributed by atoms with Crippen molar-refractivity contribution in [2.24, 2.45) is 17.8 Å². The summed E-state index contributed by atoms with van der Waals surface area (Å²) in [6.07, 6.45) is 1.96. The molecule has 1 unspecified atom stereocenters. The molecule has 0 aromatic heterocycles. The third-order valence-corrected chi connectivity index (χ3v) is 7.43. The topological polar surface area (TPSA) is 102 Å². The van der Waals surface area contributed by atoms with Gasteiger partial charge in [0, 0.05) is 36.0 Å². The van der Waals surface area contributed by atoms with Crippen LogP contribution in [0.5, 0.6) is 5.75 Å². The second kappa shape index (κ2) is 10.4. The van der Waals surface area contributed by atoms with Gasteiger partial charge in [0.1, 0.15) is 5.75 Å². The van der Waals surface area contributed by atoms with Crippen LogP contribution in [-0.2, 0) is 16.0 Å². The molecule has 1 aromatic rings. The molecule has 0 saturated carbocycles. The Morgan fingerprint density at radius 2 is 1.55 bits per heavy atom. The molecule has 2 rings (SSSR count). The number of aromatic hydroxyl groups is 1. The standard InChI is InChI=1S/C26H43N3O4/c1-16(17(2)23(27-19(4)30)13-20-9-11-22(31)12-10-20)18(3)24(32)28-21-14-25(5,6)29(33)26(7,8)15-21/h9-12,16-18,21,23,31,33H,13-15H2,1-8H3,(H,27,30)(H,28,32)/t16?,17-,18+,23-/m1/s1. The lowest BCUT2D eigenvalue weighted by Crippen LogP contribution is -2.63. The van der Waals surface area contributed by atoms with Gasteiger partial charge in [0.15, 0.2) is 0 Å². The van der Waals surface area contributed by atoms with Gasteiger partial charge in [0.05, 0.1) is 0 Å². The van der Waals surface area contributed by atoms with E-state index in [9.17, 15) is 19.9 Å². The Balaban J connectivity index is 2.08. The Hall–Kier alpha value is -2.12. The zero-order chi connectivity index (χ0) is 25.1. The summed E-state index contributed by atoms with van der Waals surface area (Å²) in [7, 11) is 0. The van der Waals surface area contributed by atoms with Crippen molar-refractivity contribution in [1.29, 1.82) is 0 Å². The first kappa shape index (κ1) is 27.1. The summed E-state index contributed by atoms with van der Waals surface area (Å²) in [5, 5.41) is 27.8. The Morgan fingerprint density at radius 1 is 1.03 bits per heavy atom. The minimum atomic E-state index is -0.428. The molecule has 2 amide bonds. The van der Waals surface area contributed by atoms with E-state index in [0.29, 0.717) is 19.3 Å². The molecule has 0 radical (unpaired) electrons. The minimum Gasteiger partial charge on any atom is -0.508 e. The summed E-state index contributed by atoms with van der Waals surface area (Å²) in [5.74, 6) is -0.0540. The van der Waals surface area contributed by atoms with Gasteiger partial charge in [-0.15, -0.1) is 0 Å². The number of nitrogens with one attached hydrogen (secondary N) is 2. The molecule has 7 heteroatoms. The van der Waals surface area contributed by atoms with Crippen LogP contribution in [-0.4, -0.2) is 50.4 Å². The SMILES string of the molecule is CC(=O)N[C@H](Cc1ccc(O)cc1)[C@H](C)C(C)[C@H](C)C(=O)NC1CC(C)(C)N(O)C(C)(C)C1. The molecule has 1 fully saturated rings. The van der Waals surface area contributed by atoms with E-state index in [4.69, 9.17) is 0 Å². The van der Waals surface area contributed by atoms with E-state index >= 15 is 0 Å². The molecule has 1 heterocycles. The molecule has 0 bridgehead atoms. The number of piperidine rings is 1. The van der Waals surface area contributed by atoms with Crippen LogP contribution in [0, 0.1) is 17.8 Å². The molecule has 0 aliphatic carbocycles. The third-order valence-electron chi connectivity index (χ3n) is 7.43. The lowest BCUT2D eigenvalue weighted by molar-refractivity contribution is -0.246. The molecule has 1 saturated heterocycles. The number of carbonyl (C=O) groups excluding carboxylic acids is 2. The second-order valence-corrected chi connectivity index (χ2v) is 11.2. The first-order chi connectivity index (χ1) is 15.1. The van der Waals surface area contributed by atoms with Crippen LogP contribution < -0.4 is 10.6 Å². The molecule has 4 N–H and O–H groups in total. The van der Waals surface area contributed by atoms with Crippen LogP contribution in [0.2, 0.25) is 0 Å². The van der Waals surface area contributed by atoms with Gasteiger partial charge in [0.2, 0.25) is 11.8 Å². The van der Waals surface area contributed by atoms with Crippen molar-refractivity contribution in [1.82, 2.24) is 15.7 Å². The lowest BCUT2D eigenvalue weighted by atomic mass is 9.77. The summed E-state index contributed by atoms with van der Waals surface area (Å²) in [6.45, 7) is 15.5. The first-order valence-electron chi connectivity index (χ1n) is 12.0. The van der Waals surface area contributed by atoms with E-state index in [1.165, 1.54) is 12.0 Å². The average Bonchev–Trinajstić information content (AvgIpc) is 2.70. The Kier molecular flexibility index (Phi) is 8.57. The van der Waals surface area contributed by atoms with Crippen LogP contribution in [0.1, 0.15) is 73.8 Å². The number of hydrogen-bond donors (Lipinski definition) is 4. The van der Waals surface area contributed by atoms with Crippen LogP contribution in [0.25, 0.3) is 0 Å². The van der Waals surface area contributed by atoms with Crippen LogP contribution in [0.4, 0.5) is 0 Å². The van der Waals surface area contributed by atoms with Crippen LogP contribution in [0.15, 0.2) is 24.3 Å². The maximum atomic E-state index is 13.2. The highest BCUT2D eigenvalue weighted by Gasteiger charge is 2.45. The van der Waals surface area contributed by atoms with E-state index in [0.717, 1.165) is 5.56 Å². The zero-order valence-corrected chi connectivity index (χ0v) is 21.5. The van der Waals surface area contributed by atoms with Crippen molar-refractivity contribution in [3.05, 3.63) is 29.8 Å². The monoisotopic (exact) mass is 461 g/mol. The van der Waals surface area contributed by atoms with Crippen LogP contribution >= 0.6 is 0 Å². The molecule has 4 atom stereocenters. The Morgan fingerprint density at radius 3 is 2.03 bits per heavy atom. The number of benzene rings is 1. The molecule has 1 aromatic carbocycles. The number of nitrogens with zero attached hydrogens (tertiary/aromatic N) is 1. The molecule has 1 aliphatic rings. The van der Waals surface area contributed by atoms with E-state index in [1.807, 2.05) is 46.8 Å². The largest absolute Gasteiger partial charge is 0.508 e. The number of hydrogen-bond acceptors (Lipinski definition) is 5. The Labute approximate surface area is 198 Å². The summed E-state index contributed by atoms with van der Waals surface area (Å²) in [5.41, 5.74) is 0.160. The number of phenols is 1. The van der Waals surface area contributed by atoms with Gasteiger partial charge in [-0.2, -0.15) is 5.06 Å². The molecule has 7 nitrogen and oxygen atoms in total. The van der Waals surface area contributed by atoms with Crippen molar-refractivity contribution >= 4 is 11.8 Å². The van der Waals surface area contributed by atoms with Gasteiger partial charge in [-0.05, 0) is 76.5 Å². The fourth-order valence-corrected chi connectivity index (χ4v) is 5.28. The van der Waals surface area contributed by atoms with Crippen LogP contribution in [0.3, 0.4) is 0 Å². The minimum absolute atomic E-state index is 0.00329. The highest BCUT2D eigenvalue weighted by atomic mass is 16.5. The van der Waals surface area contributed by atoms with Gasteiger partial charge >= 0.3 is 0 Å². The molecule has 33 heavy (non-hydrogen) atoms. The summed E-state index contributed by atoms with van der Waals surface area (Å²) < 4.78 is 0. The molecule has 0 spiro atoms. The predicted molar refractivity (Wildman–Crippen MR) is 130 cm³/mol. The summed E-state index contributed by atoms with van der Waals surface area (Å²) >= 11 is 0. The van der Waals surface area contributed by atoms with E-state index < -0.39 is 11.1 Å². The second-order valence-electron chi connectivity index (χ2n) is 11.2. The predicted octanol–water partition coefficient (Wildman–Crippen LogP) is 3.87. The molecule has 1 aliphatic heterocycles. The van der Waals surface area contributed by atoms with E-state index in [-0.39, 0.29) is 47.4 Å². The van der Waals surface area contributed by atoms with Gasteiger partial charge in [-0.1, -0.05) is 32.9 Å². The van der Waals surface area contributed by atoms with Gasteiger partial charge in [-0.3, -0.25) is 9.59 Å². The average molecular weight is 462 g/mol. The van der Waals surface area contributed by atoms with Crippen molar-refractivity contribution < 1.29 is 19.9 Å². The van der Waals surface area contributed by atoms with Gasteiger partial charge < -0.3 is 20.9 Å². The fourth-order valence-electron chi connectivity index (χ4n) is 5.28. The smallest absolute Gasteiger partial charge is 0.223 e. The lowest BCUT2D eigenvalue weighted by Gasteiger charge is -2.51. The molecular formula is C26H43N3O4. The quantitative estimate of drug-likeness (QED) is 0.471. The number of phenolic OH excluding ortho intramolecular Hbond substituents is 1. The summed E-state index contributed by atoms with van der Waals surface area (Å²) in [6, 6.07) is 6.85. The van der Waals surface area contributed by atoms with Gasteiger partial charge in [-0.25, -0.2) is 0 Å². The fraction of sp³-hybridized carbons (Fsp3) is 0.692. The highest BCUT2D eigenvalue weighted by Crippen LogP contribution is 2.37. The number of amides is 2. The Bertz CT molecular complexity index is 803. The zero-order valence-electron chi connectivity index (χ0n) is 21.5. The number of hydroxylamine groups is 2. The maximum absolute atomic E-state index is 13.2. The van der Waals surface area contributed by atoms with E-state index in [1.54, 1.807) is 12.1 Å². The van der Waals surface area contributed by atoms with E-state index in [2.05, 4.69) is 24.5 Å². The third kappa shape index (κ3) is 6.93. The van der Waals surface area contributed by atoms with Crippen molar-refractivity contribution in [2.75, 3.05) is 0 Å². The number of carbonyl (C=O) groups is 2. The van der Waals surface area contributed by atoms with Crippen molar-refractivity contribution in [2.45, 2.75) is 97.8 Å². The first-order valence-corrected chi connectivity index (χ1v) is 12.0. The van der Waals surface area contributed by atoms with Crippen molar-refractivity contribution in [3.8, 4) is 5.75 Å².